The number of ether oxygens (including phenoxy) is 1. The standard InChI is InChI=1S/C20H40BNO4S/c1-17(2,3)24-16(23)14-12-11-13-15(22-27-18(4,5)6)21-25-19(7,8)20(9,10)26-21/h15,22H,11-14H2,1-10H3. The molecule has 0 saturated carbocycles. The highest BCUT2D eigenvalue weighted by atomic mass is 32.2. The quantitative estimate of drug-likeness (QED) is 0.270. The molecule has 0 spiro atoms. The fourth-order valence-corrected chi connectivity index (χ4v) is 3.32. The van der Waals surface area contributed by atoms with Gasteiger partial charge in [0.15, 0.2) is 0 Å². The minimum absolute atomic E-state index is 0.0638. The fraction of sp³-hybridized carbons (Fsp3) is 0.950. The lowest BCUT2D eigenvalue weighted by atomic mass is 9.76. The van der Waals surface area contributed by atoms with Crippen LogP contribution in [0.2, 0.25) is 0 Å². The monoisotopic (exact) mass is 401 g/mol. The molecule has 0 radical (unpaired) electrons. The van der Waals surface area contributed by atoms with Crippen molar-refractivity contribution in [1.82, 2.24) is 4.72 Å². The van der Waals surface area contributed by atoms with Crippen molar-refractivity contribution < 1.29 is 18.8 Å². The van der Waals surface area contributed by atoms with E-state index < -0.39 is 5.60 Å². The summed E-state index contributed by atoms with van der Waals surface area (Å²) < 4.78 is 21.5. The lowest BCUT2D eigenvalue weighted by Gasteiger charge is -2.32. The summed E-state index contributed by atoms with van der Waals surface area (Å²) in [6.45, 7) is 20.5. The number of esters is 1. The van der Waals surface area contributed by atoms with Crippen LogP contribution in [0.4, 0.5) is 0 Å². The Bertz CT molecular complexity index is 481. The van der Waals surface area contributed by atoms with Gasteiger partial charge < -0.3 is 14.0 Å². The van der Waals surface area contributed by atoms with E-state index in [1.54, 1.807) is 11.9 Å². The maximum atomic E-state index is 11.9. The summed E-state index contributed by atoms with van der Waals surface area (Å²) in [6.07, 6.45) is 3.03. The molecule has 0 bridgehead atoms. The lowest BCUT2D eigenvalue weighted by Crippen LogP contribution is -2.44. The van der Waals surface area contributed by atoms with Crippen molar-refractivity contribution in [3.05, 3.63) is 0 Å². The van der Waals surface area contributed by atoms with Gasteiger partial charge in [-0.2, -0.15) is 0 Å². The molecule has 1 aliphatic heterocycles. The first kappa shape index (κ1) is 24.8. The Morgan fingerprint density at radius 2 is 1.56 bits per heavy atom. The molecule has 1 aliphatic rings. The number of hydrogen-bond donors (Lipinski definition) is 1. The molecule has 0 aliphatic carbocycles. The first-order valence-corrected chi connectivity index (χ1v) is 10.9. The van der Waals surface area contributed by atoms with Crippen LogP contribution in [0.25, 0.3) is 0 Å². The van der Waals surface area contributed by atoms with Crippen LogP contribution in [0.15, 0.2) is 0 Å². The van der Waals surface area contributed by atoms with Crippen molar-refractivity contribution in [2.24, 2.45) is 0 Å². The van der Waals surface area contributed by atoms with Crippen LogP contribution < -0.4 is 4.72 Å². The maximum Gasteiger partial charge on any atom is 0.477 e. The predicted molar refractivity (Wildman–Crippen MR) is 115 cm³/mol. The Labute approximate surface area is 171 Å². The van der Waals surface area contributed by atoms with E-state index in [1.165, 1.54) is 0 Å². The molecule has 158 valence electrons. The van der Waals surface area contributed by atoms with Crippen LogP contribution in [0.3, 0.4) is 0 Å². The molecule has 0 aromatic rings. The van der Waals surface area contributed by atoms with Crippen molar-refractivity contribution in [3.8, 4) is 0 Å². The van der Waals surface area contributed by atoms with Gasteiger partial charge in [-0.05, 0) is 82.1 Å². The summed E-state index contributed by atoms with van der Waals surface area (Å²) in [4.78, 5) is 11.9. The maximum absolute atomic E-state index is 11.9. The molecule has 1 unspecified atom stereocenters. The third-order valence-corrected chi connectivity index (χ3v) is 5.72. The molecule has 1 rings (SSSR count). The van der Waals surface area contributed by atoms with Gasteiger partial charge in [-0.25, -0.2) is 0 Å². The lowest BCUT2D eigenvalue weighted by molar-refractivity contribution is -0.154. The van der Waals surface area contributed by atoms with Gasteiger partial charge in [0.1, 0.15) is 5.60 Å². The van der Waals surface area contributed by atoms with Gasteiger partial charge in [-0.3, -0.25) is 9.52 Å². The zero-order valence-electron chi connectivity index (χ0n) is 19.0. The highest BCUT2D eigenvalue weighted by Gasteiger charge is 2.53. The van der Waals surface area contributed by atoms with Crippen molar-refractivity contribution >= 4 is 25.0 Å². The molecule has 1 atom stereocenters. The number of carbonyl (C=O) groups excluding carboxylic acids is 1. The molecule has 7 heteroatoms. The number of carbonyl (C=O) groups is 1. The molecular formula is C20H40BNO4S. The highest BCUT2D eigenvalue weighted by molar-refractivity contribution is 7.98. The van der Waals surface area contributed by atoms with E-state index >= 15 is 0 Å². The molecule has 5 nitrogen and oxygen atoms in total. The molecule has 1 fully saturated rings. The van der Waals surface area contributed by atoms with E-state index in [1.807, 2.05) is 20.8 Å². The van der Waals surface area contributed by atoms with Crippen molar-refractivity contribution in [1.29, 1.82) is 0 Å². The smallest absolute Gasteiger partial charge is 0.460 e. The van der Waals surface area contributed by atoms with Gasteiger partial charge in [0.05, 0.1) is 17.1 Å². The van der Waals surface area contributed by atoms with Crippen LogP contribution in [0.1, 0.15) is 94.9 Å². The zero-order chi connectivity index (χ0) is 21.1. The van der Waals surface area contributed by atoms with Gasteiger partial charge in [-0.15, -0.1) is 0 Å². The fourth-order valence-electron chi connectivity index (χ4n) is 2.58. The van der Waals surface area contributed by atoms with Crippen LogP contribution >= 0.6 is 11.9 Å². The van der Waals surface area contributed by atoms with Crippen molar-refractivity contribution in [3.63, 3.8) is 0 Å². The van der Waals surface area contributed by atoms with Crippen LogP contribution in [-0.4, -0.2) is 40.6 Å². The second-order valence-electron chi connectivity index (χ2n) is 10.4. The Balaban J connectivity index is 2.59. The second kappa shape index (κ2) is 9.06. The van der Waals surface area contributed by atoms with Crippen LogP contribution in [0, 0.1) is 0 Å². The summed E-state index contributed by atoms with van der Waals surface area (Å²) in [5, 5.41) is 0. The van der Waals surface area contributed by atoms with E-state index in [0.29, 0.717) is 6.42 Å². The number of unbranched alkanes of at least 4 members (excludes halogenated alkanes) is 1. The normalized spacial score (nSPS) is 20.6. The topological polar surface area (TPSA) is 56.8 Å². The Morgan fingerprint density at radius 3 is 2.00 bits per heavy atom. The first-order chi connectivity index (χ1) is 12.0. The van der Waals surface area contributed by atoms with E-state index in [0.717, 1.165) is 19.3 Å². The Hall–Kier alpha value is -0.235. The molecular weight excluding hydrogens is 361 g/mol. The molecule has 0 aromatic carbocycles. The van der Waals surface area contributed by atoms with Gasteiger partial charge >= 0.3 is 13.1 Å². The molecule has 27 heavy (non-hydrogen) atoms. The van der Waals surface area contributed by atoms with Crippen LogP contribution in [0.5, 0.6) is 0 Å². The highest BCUT2D eigenvalue weighted by Crippen LogP contribution is 2.38. The first-order valence-electron chi connectivity index (χ1n) is 10.0. The summed E-state index contributed by atoms with van der Waals surface area (Å²) in [7, 11) is -0.300. The average Bonchev–Trinajstić information content (AvgIpc) is 2.63. The van der Waals surface area contributed by atoms with Crippen LogP contribution in [-0.2, 0) is 18.8 Å². The van der Waals surface area contributed by atoms with Gasteiger partial charge in [0, 0.05) is 11.2 Å². The van der Waals surface area contributed by atoms with Gasteiger partial charge in [0.25, 0.3) is 0 Å². The molecule has 1 heterocycles. The average molecular weight is 401 g/mol. The summed E-state index contributed by atoms with van der Waals surface area (Å²) in [5.41, 5.74) is -1.12. The van der Waals surface area contributed by atoms with E-state index in [9.17, 15) is 4.79 Å². The summed E-state index contributed by atoms with van der Waals surface area (Å²) >= 11 is 1.70. The number of nitrogens with one attached hydrogen (secondary N) is 1. The van der Waals surface area contributed by atoms with Gasteiger partial charge in [-0.1, -0.05) is 18.4 Å². The SMILES string of the molecule is CC(C)(C)OC(=O)CCCCC(NSC(C)(C)C)B1OC(C)(C)C(C)(C)O1. The molecule has 0 amide bonds. The third-order valence-electron chi connectivity index (χ3n) is 4.68. The second-order valence-corrected chi connectivity index (χ2v) is 12.1. The predicted octanol–water partition coefficient (Wildman–Crippen LogP) is 4.92. The van der Waals surface area contributed by atoms with E-state index in [4.69, 9.17) is 14.0 Å². The number of hydrogen-bond acceptors (Lipinski definition) is 6. The Kier molecular flexibility index (Phi) is 8.32. The van der Waals surface area contributed by atoms with E-state index in [2.05, 4.69) is 53.2 Å². The Morgan fingerprint density at radius 1 is 1.04 bits per heavy atom. The zero-order valence-corrected chi connectivity index (χ0v) is 19.8. The third kappa shape index (κ3) is 8.76. The minimum atomic E-state index is -0.423. The van der Waals surface area contributed by atoms with E-state index in [-0.39, 0.29) is 35.0 Å². The minimum Gasteiger partial charge on any atom is -0.460 e. The van der Waals surface area contributed by atoms with Crippen molar-refractivity contribution in [2.75, 3.05) is 0 Å². The summed E-state index contributed by atoms with van der Waals surface area (Å²) in [6, 6.07) is 0. The van der Waals surface area contributed by atoms with Gasteiger partial charge in [0.2, 0.25) is 0 Å². The molecule has 1 saturated heterocycles. The largest absolute Gasteiger partial charge is 0.477 e. The van der Waals surface area contributed by atoms with Crippen molar-refractivity contribution in [2.45, 2.75) is 122 Å². The summed E-state index contributed by atoms with van der Waals surface area (Å²) in [5.74, 6) is -0.0689. The molecule has 1 N–H and O–H groups in total. The number of rotatable bonds is 8. The molecule has 0 aromatic heterocycles.